The quantitative estimate of drug-likeness (QED) is 0.356. The number of ether oxygens (including phenoxy) is 2. The van der Waals surface area contributed by atoms with Gasteiger partial charge in [-0.1, -0.05) is 0 Å². The Morgan fingerprint density at radius 3 is 2.57 bits per heavy atom. The number of carbonyl (C=O) groups excluding carboxylic acids is 3. The third-order valence-electron chi connectivity index (χ3n) is 1.58. The van der Waals surface area contributed by atoms with Crippen molar-refractivity contribution in [3.8, 4) is 0 Å². The molecular weight excluding hydrogens is 188 g/mol. The van der Waals surface area contributed by atoms with Crippen LogP contribution in [0.1, 0.15) is 6.92 Å². The first kappa shape index (κ1) is 10.2. The van der Waals surface area contributed by atoms with Crippen LogP contribution in [0.4, 0.5) is 0 Å². The van der Waals surface area contributed by atoms with Gasteiger partial charge in [0.25, 0.3) is 0 Å². The molecule has 0 fully saturated rings. The van der Waals surface area contributed by atoms with E-state index in [-0.39, 0.29) is 11.1 Å². The maximum absolute atomic E-state index is 10.9. The van der Waals surface area contributed by atoms with Crippen LogP contribution >= 0.6 is 0 Å². The summed E-state index contributed by atoms with van der Waals surface area (Å²) in [5.74, 6) is -2.03. The van der Waals surface area contributed by atoms with E-state index in [2.05, 4.69) is 9.47 Å². The highest BCUT2D eigenvalue weighted by molar-refractivity contribution is 6.11. The second kappa shape index (κ2) is 3.87. The molecule has 1 aliphatic rings. The highest BCUT2D eigenvalue weighted by Gasteiger charge is 2.22. The standard InChI is InChI=1S/C9H8O5/c1-5(8(11)13-2)3-6-4-7(10)14-9(6)12/h3-4H,1-2H3/b5-3+. The number of carbonyl (C=O) groups is 3. The van der Waals surface area contributed by atoms with E-state index in [1.54, 1.807) is 0 Å². The minimum Gasteiger partial charge on any atom is -0.466 e. The molecule has 0 aromatic heterocycles. The van der Waals surface area contributed by atoms with Crippen molar-refractivity contribution in [2.24, 2.45) is 0 Å². The zero-order chi connectivity index (χ0) is 10.7. The number of methoxy groups -OCH3 is 1. The first-order valence-corrected chi connectivity index (χ1v) is 3.79. The number of esters is 3. The van der Waals surface area contributed by atoms with Gasteiger partial charge in [-0.15, -0.1) is 0 Å². The first-order valence-electron chi connectivity index (χ1n) is 3.79. The summed E-state index contributed by atoms with van der Waals surface area (Å²) >= 11 is 0. The minimum absolute atomic E-state index is 0.0536. The molecule has 14 heavy (non-hydrogen) atoms. The number of hydrogen-bond acceptors (Lipinski definition) is 5. The average molecular weight is 196 g/mol. The van der Waals surface area contributed by atoms with Crippen LogP contribution < -0.4 is 0 Å². The second-order valence-corrected chi connectivity index (χ2v) is 2.63. The number of cyclic esters (lactones) is 2. The molecule has 1 rings (SSSR count). The van der Waals surface area contributed by atoms with E-state index in [1.165, 1.54) is 20.1 Å². The van der Waals surface area contributed by atoms with Gasteiger partial charge in [-0.05, 0) is 13.0 Å². The fourth-order valence-electron chi connectivity index (χ4n) is 0.919. The molecule has 74 valence electrons. The van der Waals surface area contributed by atoms with E-state index in [9.17, 15) is 14.4 Å². The monoisotopic (exact) mass is 196 g/mol. The molecule has 0 spiro atoms. The lowest BCUT2D eigenvalue weighted by Gasteiger charge is -1.97. The van der Waals surface area contributed by atoms with Crippen molar-refractivity contribution < 1.29 is 23.9 Å². The molecule has 1 aliphatic heterocycles. The van der Waals surface area contributed by atoms with Crippen LogP contribution in [-0.4, -0.2) is 25.0 Å². The summed E-state index contributed by atoms with van der Waals surface area (Å²) in [6.45, 7) is 1.47. The summed E-state index contributed by atoms with van der Waals surface area (Å²) in [6.07, 6.45) is 2.27. The van der Waals surface area contributed by atoms with Crippen LogP contribution in [0.3, 0.4) is 0 Å². The molecule has 0 atom stereocenters. The zero-order valence-electron chi connectivity index (χ0n) is 7.70. The van der Waals surface area contributed by atoms with Crippen molar-refractivity contribution in [1.82, 2.24) is 0 Å². The van der Waals surface area contributed by atoms with E-state index < -0.39 is 17.9 Å². The minimum atomic E-state index is -0.752. The molecule has 0 saturated carbocycles. The number of hydrogen-bond donors (Lipinski definition) is 0. The Morgan fingerprint density at radius 1 is 1.50 bits per heavy atom. The molecule has 5 heteroatoms. The van der Waals surface area contributed by atoms with Crippen LogP contribution in [0.15, 0.2) is 23.3 Å². The van der Waals surface area contributed by atoms with E-state index in [0.29, 0.717) is 0 Å². The largest absolute Gasteiger partial charge is 0.466 e. The van der Waals surface area contributed by atoms with Gasteiger partial charge < -0.3 is 9.47 Å². The van der Waals surface area contributed by atoms with E-state index in [4.69, 9.17) is 0 Å². The Labute approximate surface area is 80.0 Å². The third-order valence-corrected chi connectivity index (χ3v) is 1.58. The Hall–Kier alpha value is -1.91. The second-order valence-electron chi connectivity index (χ2n) is 2.63. The smallest absolute Gasteiger partial charge is 0.346 e. The van der Waals surface area contributed by atoms with Crippen LogP contribution in [0.25, 0.3) is 0 Å². The van der Waals surface area contributed by atoms with Crippen molar-refractivity contribution in [3.63, 3.8) is 0 Å². The average Bonchev–Trinajstić information content (AvgIpc) is 2.44. The van der Waals surface area contributed by atoms with Gasteiger partial charge in [0.15, 0.2) is 0 Å². The summed E-state index contributed by atoms with van der Waals surface area (Å²) in [6, 6.07) is 0. The van der Waals surface area contributed by atoms with Crippen LogP contribution in [-0.2, 0) is 23.9 Å². The lowest BCUT2D eigenvalue weighted by atomic mass is 10.2. The van der Waals surface area contributed by atoms with Crippen LogP contribution in [0.5, 0.6) is 0 Å². The Balaban J connectivity index is 2.87. The van der Waals surface area contributed by atoms with E-state index in [1.807, 2.05) is 0 Å². The van der Waals surface area contributed by atoms with Gasteiger partial charge in [0.05, 0.1) is 12.7 Å². The van der Waals surface area contributed by atoms with Gasteiger partial charge in [-0.3, -0.25) is 0 Å². The fourth-order valence-corrected chi connectivity index (χ4v) is 0.919. The lowest BCUT2D eigenvalue weighted by Crippen LogP contribution is -2.04. The van der Waals surface area contributed by atoms with Crippen molar-refractivity contribution in [3.05, 3.63) is 23.3 Å². The molecule has 0 aromatic carbocycles. The Morgan fingerprint density at radius 2 is 2.14 bits per heavy atom. The van der Waals surface area contributed by atoms with Gasteiger partial charge >= 0.3 is 17.9 Å². The normalized spacial score (nSPS) is 16.4. The third kappa shape index (κ3) is 2.07. The molecule has 0 radical (unpaired) electrons. The molecule has 0 N–H and O–H groups in total. The summed E-state index contributed by atoms with van der Waals surface area (Å²) in [5.41, 5.74) is 0.281. The maximum Gasteiger partial charge on any atom is 0.346 e. The SMILES string of the molecule is COC(=O)/C(C)=C/C1=CC(=O)OC1=O. The van der Waals surface area contributed by atoms with Gasteiger partial charge in [0, 0.05) is 11.6 Å². The predicted octanol–water partition coefficient (Wildman–Crippen LogP) is 0.115. The first-order chi connectivity index (χ1) is 6.54. The molecule has 0 aliphatic carbocycles. The van der Waals surface area contributed by atoms with Crippen molar-refractivity contribution in [2.45, 2.75) is 6.92 Å². The molecular formula is C9H8O5. The van der Waals surface area contributed by atoms with Crippen LogP contribution in [0.2, 0.25) is 0 Å². The zero-order valence-corrected chi connectivity index (χ0v) is 7.70. The molecule has 0 unspecified atom stereocenters. The highest BCUT2D eigenvalue weighted by atomic mass is 16.6. The highest BCUT2D eigenvalue weighted by Crippen LogP contribution is 2.12. The molecule has 0 amide bonds. The maximum atomic E-state index is 10.9. The van der Waals surface area contributed by atoms with Crippen molar-refractivity contribution >= 4 is 17.9 Å². The Bertz CT molecular complexity index is 361. The van der Waals surface area contributed by atoms with Crippen LogP contribution in [0, 0.1) is 0 Å². The van der Waals surface area contributed by atoms with Gasteiger partial charge in [0.1, 0.15) is 0 Å². The van der Waals surface area contributed by atoms with Gasteiger partial charge in [-0.25, -0.2) is 14.4 Å². The summed E-state index contributed by atoms with van der Waals surface area (Å²) in [4.78, 5) is 32.5. The molecule has 0 aromatic rings. The molecule has 0 bridgehead atoms. The lowest BCUT2D eigenvalue weighted by molar-refractivity contribution is -0.150. The topological polar surface area (TPSA) is 69.7 Å². The molecule has 0 saturated heterocycles. The van der Waals surface area contributed by atoms with Crippen molar-refractivity contribution in [1.29, 1.82) is 0 Å². The number of rotatable bonds is 2. The fraction of sp³-hybridized carbons (Fsp3) is 0.222. The van der Waals surface area contributed by atoms with Gasteiger partial charge in [-0.2, -0.15) is 0 Å². The van der Waals surface area contributed by atoms with Gasteiger partial charge in [0.2, 0.25) is 0 Å². The van der Waals surface area contributed by atoms with E-state index >= 15 is 0 Å². The van der Waals surface area contributed by atoms with Crippen molar-refractivity contribution in [2.75, 3.05) is 7.11 Å². The predicted molar refractivity (Wildman–Crippen MR) is 45.0 cm³/mol. The Kier molecular flexibility index (Phi) is 2.81. The van der Waals surface area contributed by atoms with E-state index in [0.717, 1.165) is 6.08 Å². The summed E-state index contributed by atoms with van der Waals surface area (Å²) in [7, 11) is 1.23. The molecule has 5 nitrogen and oxygen atoms in total. The molecule has 1 heterocycles. The summed E-state index contributed by atoms with van der Waals surface area (Å²) < 4.78 is 8.63. The summed E-state index contributed by atoms with van der Waals surface area (Å²) in [5, 5.41) is 0.